The van der Waals surface area contributed by atoms with Crippen LogP contribution in [-0.2, 0) is 6.54 Å². The van der Waals surface area contributed by atoms with Crippen LogP contribution in [0.2, 0.25) is 5.02 Å². The molecule has 0 aliphatic rings. The van der Waals surface area contributed by atoms with Gasteiger partial charge < -0.3 is 20.3 Å². The number of nitrogens with zero attached hydrogens (tertiary/aromatic N) is 2. The highest BCUT2D eigenvalue weighted by Crippen LogP contribution is 2.16. The van der Waals surface area contributed by atoms with Crippen LogP contribution in [0.1, 0.15) is 22.8 Å². The summed E-state index contributed by atoms with van der Waals surface area (Å²) in [6, 6.07) is 14.8. The lowest BCUT2D eigenvalue weighted by Crippen LogP contribution is -2.41. The van der Waals surface area contributed by atoms with E-state index in [1.165, 1.54) is 0 Å². The van der Waals surface area contributed by atoms with Gasteiger partial charge in [0, 0.05) is 38.3 Å². The molecule has 1 atom stereocenters. The topological polar surface area (TPSA) is 66.0 Å². The highest BCUT2D eigenvalue weighted by atomic mass is 127. The predicted octanol–water partition coefficient (Wildman–Crippen LogP) is 3.79. The number of hydrogen-bond acceptors (Lipinski definition) is 3. The van der Waals surface area contributed by atoms with Gasteiger partial charge in [-0.05, 0) is 48.9 Å². The van der Waals surface area contributed by atoms with Crippen molar-refractivity contribution in [2.45, 2.75) is 19.6 Å². The van der Waals surface area contributed by atoms with E-state index < -0.39 is 0 Å². The SMILES string of the molecule is CN=C(NCc1ccc(C(=O)N(C)C)cc1)NCC(C)Oc1ccc(Cl)cc1.I. The van der Waals surface area contributed by atoms with Crippen LogP contribution in [0.3, 0.4) is 0 Å². The molecule has 0 aliphatic carbocycles. The minimum Gasteiger partial charge on any atom is -0.489 e. The number of ether oxygens (including phenoxy) is 1. The molecule has 0 saturated carbocycles. The molecule has 0 radical (unpaired) electrons. The van der Waals surface area contributed by atoms with E-state index in [1.807, 2.05) is 43.3 Å². The van der Waals surface area contributed by atoms with E-state index in [2.05, 4.69) is 15.6 Å². The summed E-state index contributed by atoms with van der Waals surface area (Å²) in [6.45, 7) is 3.18. The summed E-state index contributed by atoms with van der Waals surface area (Å²) < 4.78 is 5.84. The molecule has 0 aliphatic heterocycles. The Labute approximate surface area is 194 Å². The average molecular weight is 531 g/mol. The monoisotopic (exact) mass is 530 g/mol. The quantitative estimate of drug-likeness (QED) is 0.325. The van der Waals surface area contributed by atoms with Gasteiger partial charge in [0.05, 0.1) is 6.54 Å². The summed E-state index contributed by atoms with van der Waals surface area (Å²) in [6.07, 6.45) is -0.0453. The van der Waals surface area contributed by atoms with Crippen molar-refractivity contribution in [3.63, 3.8) is 0 Å². The molecule has 0 spiro atoms. The molecule has 29 heavy (non-hydrogen) atoms. The van der Waals surface area contributed by atoms with Crippen molar-refractivity contribution in [3.8, 4) is 5.75 Å². The van der Waals surface area contributed by atoms with Gasteiger partial charge in [-0.2, -0.15) is 0 Å². The van der Waals surface area contributed by atoms with Gasteiger partial charge in [-0.15, -0.1) is 24.0 Å². The molecule has 2 rings (SSSR count). The van der Waals surface area contributed by atoms with Gasteiger partial charge in [0.2, 0.25) is 0 Å². The van der Waals surface area contributed by atoms with Gasteiger partial charge in [-0.3, -0.25) is 9.79 Å². The van der Waals surface area contributed by atoms with Crippen LogP contribution in [0.4, 0.5) is 0 Å². The zero-order valence-electron chi connectivity index (χ0n) is 17.1. The molecule has 2 aromatic rings. The molecule has 0 heterocycles. The van der Waals surface area contributed by atoms with Crippen LogP contribution >= 0.6 is 35.6 Å². The second kappa shape index (κ2) is 12.5. The van der Waals surface area contributed by atoms with Gasteiger partial charge >= 0.3 is 0 Å². The van der Waals surface area contributed by atoms with Gasteiger partial charge in [0.1, 0.15) is 11.9 Å². The average Bonchev–Trinajstić information content (AvgIpc) is 2.69. The number of hydrogen-bond donors (Lipinski definition) is 2. The third kappa shape index (κ3) is 8.49. The van der Waals surface area contributed by atoms with E-state index >= 15 is 0 Å². The maximum absolute atomic E-state index is 11.9. The third-order valence-electron chi connectivity index (χ3n) is 4.00. The predicted molar refractivity (Wildman–Crippen MR) is 130 cm³/mol. The van der Waals surface area contributed by atoms with Crippen LogP contribution in [0.15, 0.2) is 53.5 Å². The number of halogens is 2. The number of carbonyl (C=O) groups is 1. The second-order valence-electron chi connectivity index (χ2n) is 6.59. The summed E-state index contributed by atoms with van der Waals surface area (Å²) in [5.41, 5.74) is 1.73. The van der Waals surface area contributed by atoms with Gasteiger partial charge in [-0.25, -0.2) is 0 Å². The molecule has 0 bridgehead atoms. The molecule has 0 fully saturated rings. The Bertz CT molecular complexity index is 795. The molecule has 6 nitrogen and oxygen atoms in total. The van der Waals surface area contributed by atoms with E-state index in [0.29, 0.717) is 29.6 Å². The fourth-order valence-corrected chi connectivity index (χ4v) is 2.58. The molecule has 2 aromatic carbocycles. The van der Waals surface area contributed by atoms with Crippen LogP contribution < -0.4 is 15.4 Å². The first-order valence-corrected chi connectivity index (χ1v) is 9.44. The van der Waals surface area contributed by atoms with E-state index in [0.717, 1.165) is 11.3 Å². The normalized spacial score (nSPS) is 11.8. The third-order valence-corrected chi connectivity index (χ3v) is 4.25. The molecular formula is C21H28ClIN4O2. The van der Waals surface area contributed by atoms with Crippen LogP contribution in [0.25, 0.3) is 0 Å². The van der Waals surface area contributed by atoms with Crippen LogP contribution in [-0.4, -0.2) is 50.6 Å². The second-order valence-corrected chi connectivity index (χ2v) is 7.02. The molecule has 0 saturated heterocycles. The maximum Gasteiger partial charge on any atom is 0.253 e. The van der Waals surface area contributed by atoms with Crippen LogP contribution in [0, 0.1) is 0 Å². The van der Waals surface area contributed by atoms with Crippen molar-refractivity contribution in [3.05, 3.63) is 64.7 Å². The lowest BCUT2D eigenvalue weighted by atomic mass is 10.1. The number of nitrogens with one attached hydrogen (secondary N) is 2. The van der Waals surface area contributed by atoms with E-state index in [4.69, 9.17) is 16.3 Å². The van der Waals surface area contributed by atoms with Gasteiger partial charge in [0.25, 0.3) is 5.91 Å². The Morgan fingerprint density at radius 3 is 2.28 bits per heavy atom. The number of aliphatic imine (C=N–C) groups is 1. The molecule has 1 unspecified atom stereocenters. The Kier molecular flexibility index (Phi) is 10.8. The van der Waals surface area contributed by atoms with Crippen molar-refractivity contribution in [1.82, 2.24) is 15.5 Å². The molecule has 8 heteroatoms. The minimum absolute atomic E-state index is 0. The fraction of sp³-hybridized carbons (Fsp3) is 0.333. The Hall–Kier alpha value is -2.00. The Balaban J connectivity index is 0.00000420. The first kappa shape index (κ1) is 25.0. The minimum atomic E-state index is -0.0453. The molecule has 1 amide bonds. The highest BCUT2D eigenvalue weighted by Gasteiger charge is 2.08. The highest BCUT2D eigenvalue weighted by molar-refractivity contribution is 14.0. The Morgan fingerprint density at radius 1 is 1.10 bits per heavy atom. The summed E-state index contributed by atoms with van der Waals surface area (Å²) in [5.74, 6) is 1.45. The zero-order valence-corrected chi connectivity index (χ0v) is 20.2. The maximum atomic E-state index is 11.9. The molecule has 0 aromatic heterocycles. The molecule has 158 valence electrons. The Morgan fingerprint density at radius 2 is 1.72 bits per heavy atom. The fourth-order valence-electron chi connectivity index (χ4n) is 2.46. The summed E-state index contributed by atoms with van der Waals surface area (Å²) in [4.78, 5) is 17.7. The molecular weight excluding hydrogens is 503 g/mol. The lowest BCUT2D eigenvalue weighted by Gasteiger charge is -2.18. The first-order valence-electron chi connectivity index (χ1n) is 9.06. The van der Waals surface area contributed by atoms with E-state index in [9.17, 15) is 4.79 Å². The van der Waals surface area contributed by atoms with Crippen molar-refractivity contribution in [1.29, 1.82) is 0 Å². The zero-order chi connectivity index (χ0) is 20.5. The smallest absolute Gasteiger partial charge is 0.253 e. The summed E-state index contributed by atoms with van der Waals surface area (Å²) in [5, 5.41) is 7.18. The first-order chi connectivity index (χ1) is 13.4. The number of rotatable bonds is 7. The van der Waals surface area contributed by atoms with Gasteiger partial charge in [-0.1, -0.05) is 23.7 Å². The number of guanidine groups is 1. The van der Waals surface area contributed by atoms with Crippen molar-refractivity contribution in [2.75, 3.05) is 27.7 Å². The van der Waals surface area contributed by atoms with Gasteiger partial charge in [0.15, 0.2) is 5.96 Å². The number of amides is 1. The molecule has 2 N–H and O–H groups in total. The van der Waals surface area contributed by atoms with E-state index in [-0.39, 0.29) is 36.0 Å². The van der Waals surface area contributed by atoms with E-state index in [1.54, 1.807) is 38.2 Å². The number of benzene rings is 2. The summed E-state index contributed by atoms with van der Waals surface area (Å²) >= 11 is 5.88. The van der Waals surface area contributed by atoms with Crippen molar-refractivity contribution in [2.24, 2.45) is 4.99 Å². The summed E-state index contributed by atoms with van der Waals surface area (Å²) in [7, 11) is 5.20. The van der Waals surface area contributed by atoms with Crippen molar-refractivity contribution >= 4 is 47.4 Å². The standard InChI is InChI=1S/C21H27ClN4O2.HI/c1-15(28-19-11-9-18(22)10-12-19)13-24-21(23-2)25-14-16-5-7-17(8-6-16)20(27)26(3)4;/h5-12,15H,13-14H2,1-4H3,(H2,23,24,25);1H. The lowest BCUT2D eigenvalue weighted by molar-refractivity contribution is 0.0827. The van der Waals surface area contributed by atoms with Crippen LogP contribution in [0.5, 0.6) is 5.75 Å². The largest absolute Gasteiger partial charge is 0.489 e. The number of carbonyl (C=O) groups excluding carboxylic acids is 1. The van der Waals surface area contributed by atoms with Crippen molar-refractivity contribution < 1.29 is 9.53 Å².